The highest BCUT2D eigenvalue weighted by Crippen LogP contribution is 2.24. The molecule has 1 N–H and O–H groups in total. The third kappa shape index (κ3) is 3.53. The minimum Gasteiger partial charge on any atom is -0.372 e. The van der Waals surface area contributed by atoms with Crippen LogP contribution in [-0.2, 0) is 0 Å². The van der Waals surface area contributed by atoms with E-state index in [1.807, 2.05) is 7.05 Å². The lowest BCUT2D eigenvalue weighted by Gasteiger charge is -2.36. The van der Waals surface area contributed by atoms with Gasteiger partial charge >= 0.3 is 0 Å². The zero-order valence-corrected chi connectivity index (χ0v) is 13.4. The van der Waals surface area contributed by atoms with Gasteiger partial charge in [0.05, 0.1) is 0 Å². The van der Waals surface area contributed by atoms with E-state index in [0.717, 1.165) is 6.42 Å². The van der Waals surface area contributed by atoms with Gasteiger partial charge in [-0.05, 0) is 64.1 Å². The first-order valence-corrected chi connectivity index (χ1v) is 7.84. The van der Waals surface area contributed by atoms with Crippen LogP contribution in [0.1, 0.15) is 37.8 Å². The van der Waals surface area contributed by atoms with Crippen molar-refractivity contribution >= 4 is 5.69 Å². The Hall–Kier alpha value is -1.06. The van der Waals surface area contributed by atoms with Crippen molar-refractivity contribution in [1.29, 1.82) is 0 Å². The second-order valence-corrected chi connectivity index (χ2v) is 5.99. The third-order valence-electron chi connectivity index (χ3n) is 4.70. The third-order valence-corrected chi connectivity index (χ3v) is 4.70. The van der Waals surface area contributed by atoms with Crippen molar-refractivity contribution in [2.45, 2.75) is 38.3 Å². The summed E-state index contributed by atoms with van der Waals surface area (Å²) >= 11 is 0. The van der Waals surface area contributed by atoms with Gasteiger partial charge in [-0.15, -0.1) is 0 Å². The van der Waals surface area contributed by atoms with E-state index in [2.05, 4.69) is 60.4 Å². The Labute approximate surface area is 124 Å². The quantitative estimate of drug-likeness (QED) is 0.891. The van der Waals surface area contributed by atoms with Crippen molar-refractivity contribution in [3.8, 4) is 0 Å². The fourth-order valence-corrected chi connectivity index (χ4v) is 3.14. The van der Waals surface area contributed by atoms with E-state index in [1.54, 1.807) is 0 Å². The molecular weight excluding hydrogens is 246 g/mol. The minimum absolute atomic E-state index is 0.470. The second kappa shape index (κ2) is 7.09. The molecule has 1 aliphatic heterocycles. The Bertz CT molecular complexity index is 389. The molecule has 0 bridgehead atoms. The highest BCUT2D eigenvalue weighted by atomic mass is 15.2. The molecule has 112 valence electrons. The molecule has 1 aromatic rings. The first-order valence-electron chi connectivity index (χ1n) is 7.84. The van der Waals surface area contributed by atoms with E-state index in [4.69, 9.17) is 0 Å². The molecule has 1 atom stereocenters. The van der Waals surface area contributed by atoms with Crippen LogP contribution in [0, 0.1) is 0 Å². The van der Waals surface area contributed by atoms with Crippen LogP contribution in [0.3, 0.4) is 0 Å². The molecule has 0 saturated carbocycles. The normalized spacial score (nSPS) is 19.0. The van der Waals surface area contributed by atoms with Gasteiger partial charge in [-0.3, -0.25) is 0 Å². The minimum atomic E-state index is 0.470. The molecule has 2 rings (SSSR count). The number of rotatable bonds is 5. The van der Waals surface area contributed by atoms with Crippen LogP contribution >= 0.6 is 0 Å². The maximum Gasteiger partial charge on any atom is 0.0366 e. The van der Waals surface area contributed by atoms with Crippen LogP contribution < -0.4 is 10.2 Å². The van der Waals surface area contributed by atoms with Gasteiger partial charge in [0.1, 0.15) is 0 Å². The van der Waals surface area contributed by atoms with E-state index in [9.17, 15) is 0 Å². The van der Waals surface area contributed by atoms with Crippen LogP contribution in [0.2, 0.25) is 0 Å². The summed E-state index contributed by atoms with van der Waals surface area (Å²) in [7, 11) is 6.49. The number of hydrogen-bond donors (Lipinski definition) is 1. The molecule has 1 heterocycles. The average molecular weight is 275 g/mol. The van der Waals surface area contributed by atoms with E-state index < -0.39 is 0 Å². The molecule has 3 nitrogen and oxygen atoms in total. The van der Waals surface area contributed by atoms with E-state index in [-0.39, 0.29) is 0 Å². The summed E-state index contributed by atoms with van der Waals surface area (Å²) in [4.78, 5) is 4.88. The summed E-state index contributed by atoms with van der Waals surface area (Å²) in [5.74, 6) is 0. The van der Waals surface area contributed by atoms with Gasteiger partial charge in [0, 0.05) is 24.8 Å². The number of anilines is 1. The Balaban J connectivity index is 2.02. The highest BCUT2D eigenvalue weighted by Gasteiger charge is 2.20. The molecule has 1 saturated heterocycles. The second-order valence-electron chi connectivity index (χ2n) is 5.99. The fourth-order valence-electron chi connectivity index (χ4n) is 3.14. The lowest BCUT2D eigenvalue weighted by Crippen LogP contribution is -2.41. The number of likely N-dealkylation sites (tertiary alicyclic amines) is 1. The number of hydrogen-bond acceptors (Lipinski definition) is 3. The monoisotopic (exact) mass is 275 g/mol. The van der Waals surface area contributed by atoms with Gasteiger partial charge in [0.2, 0.25) is 0 Å². The van der Waals surface area contributed by atoms with Crippen LogP contribution in [0.5, 0.6) is 0 Å². The van der Waals surface area contributed by atoms with Crippen LogP contribution in [0.25, 0.3) is 0 Å². The molecule has 1 fully saturated rings. The van der Waals surface area contributed by atoms with Crippen molar-refractivity contribution in [2.75, 3.05) is 39.1 Å². The van der Waals surface area contributed by atoms with Crippen molar-refractivity contribution in [1.82, 2.24) is 10.2 Å². The molecule has 0 spiro atoms. The Kier molecular flexibility index (Phi) is 5.44. The van der Waals surface area contributed by atoms with Gasteiger partial charge in [-0.1, -0.05) is 19.1 Å². The Morgan fingerprint density at radius 1 is 1.25 bits per heavy atom. The van der Waals surface area contributed by atoms with Crippen molar-refractivity contribution in [3.05, 3.63) is 29.8 Å². The smallest absolute Gasteiger partial charge is 0.0366 e. The lowest BCUT2D eigenvalue weighted by atomic mass is 10.0. The average Bonchev–Trinajstić information content (AvgIpc) is 2.49. The maximum absolute atomic E-state index is 3.37. The summed E-state index contributed by atoms with van der Waals surface area (Å²) in [5, 5.41) is 3.37. The standard InChI is InChI=1S/C17H29N3/c1-5-17(18-2)14-6-8-15(9-7-14)20(4)16-10-12-19(3)13-11-16/h6-9,16-18H,5,10-13H2,1-4H3. The summed E-state index contributed by atoms with van der Waals surface area (Å²) < 4.78 is 0. The van der Waals surface area contributed by atoms with Crippen molar-refractivity contribution < 1.29 is 0 Å². The first kappa shape index (κ1) is 15.3. The Morgan fingerprint density at radius 3 is 2.35 bits per heavy atom. The molecule has 0 radical (unpaired) electrons. The van der Waals surface area contributed by atoms with Crippen molar-refractivity contribution in [3.63, 3.8) is 0 Å². The maximum atomic E-state index is 3.37. The molecule has 20 heavy (non-hydrogen) atoms. The largest absolute Gasteiger partial charge is 0.372 e. The highest BCUT2D eigenvalue weighted by molar-refractivity contribution is 5.48. The Morgan fingerprint density at radius 2 is 1.85 bits per heavy atom. The molecule has 1 aromatic carbocycles. The summed E-state index contributed by atoms with van der Waals surface area (Å²) in [5.41, 5.74) is 2.73. The summed E-state index contributed by atoms with van der Waals surface area (Å²) in [6.07, 6.45) is 3.66. The molecule has 1 aliphatic rings. The molecule has 0 aromatic heterocycles. The van der Waals surface area contributed by atoms with Crippen LogP contribution in [0.15, 0.2) is 24.3 Å². The van der Waals surface area contributed by atoms with E-state index in [1.165, 1.54) is 37.2 Å². The number of benzene rings is 1. The molecular formula is C17H29N3. The number of nitrogens with one attached hydrogen (secondary N) is 1. The van der Waals surface area contributed by atoms with Gasteiger partial charge in [0.15, 0.2) is 0 Å². The number of nitrogens with zero attached hydrogens (tertiary/aromatic N) is 2. The first-order chi connectivity index (χ1) is 9.65. The summed E-state index contributed by atoms with van der Waals surface area (Å²) in [6, 6.07) is 10.2. The lowest BCUT2D eigenvalue weighted by molar-refractivity contribution is 0.253. The number of piperidine rings is 1. The molecule has 0 aliphatic carbocycles. The predicted octanol–water partition coefficient (Wildman–Crippen LogP) is 2.89. The van der Waals surface area contributed by atoms with Crippen LogP contribution in [0.4, 0.5) is 5.69 Å². The van der Waals surface area contributed by atoms with Crippen molar-refractivity contribution in [2.24, 2.45) is 0 Å². The van der Waals surface area contributed by atoms with E-state index >= 15 is 0 Å². The van der Waals surface area contributed by atoms with Gasteiger partial charge in [-0.2, -0.15) is 0 Å². The molecule has 0 amide bonds. The topological polar surface area (TPSA) is 18.5 Å². The van der Waals surface area contributed by atoms with E-state index in [0.29, 0.717) is 12.1 Å². The SMILES string of the molecule is CCC(NC)c1ccc(N(C)C2CCN(C)CC2)cc1. The van der Waals surface area contributed by atoms with Crippen LogP contribution in [-0.4, -0.2) is 45.2 Å². The molecule has 3 heteroatoms. The summed E-state index contributed by atoms with van der Waals surface area (Å²) in [6.45, 7) is 4.65. The van der Waals surface area contributed by atoms with Gasteiger partial charge < -0.3 is 15.1 Å². The fraction of sp³-hybridized carbons (Fsp3) is 0.647. The predicted molar refractivity (Wildman–Crippen MR) is 87.5 cm³/mol. The zero-order chi connectivity index (χ0) is 14.5. The van der Waals surface area contributed by atoms with Gasteiger partial charge in [-0.25, -0.2) is 0 Å². The van der Waals surface area contributed by atoms with Gasteiger partial charge in [0.25, 0.3) is 0 Å². The molecule has 1 unspecified atom stereocenters. The zero-order valence-electron chi connectivity index (χ0n) is 13.4.